The zero-order valence-electron chi connectivity index (χ0n) is 9.76. The molecule has 0 aromatic heterocycles. The van der Waals surface area contributed by atoms with Crippen LogP contribution in [0.4, 0.5) is 8.78 Å². The van der Waals surface area contributed by atoms with Gasteiger partial charge in [-0.3, -0.25) is 0 Å². The van der Waals surface area contributed by atoms with Gasteiger partial charge < -0.3 is 9.84 Å². The highest BCUT2D eigenvalue weighted by atomic mass is 32.2. The number of carboxylic acids is 1. The minimum absolute atomic E-state index is 0.133. The van der Waals surface area contributed by atoms with Crippen molar-refractivity contribution in [3.63, 3.8) is 0 Å². The van der Waals surface area contributed by atoms with Gasteiger partial charge in [0.25, 0.3) is 6.43 Å². The van der Waals surface area contributed by atoms with E-state index in [-0.39, 0.29) is 11.3 Å². The number of benzene rings is 1. The average molecular weight is 295 g/mol. The molecule has 1 aromatic carbocycles. The molecule has 0 bridgehead atoms. The van der Waals surface area contributed by atoms with Crippen molar-refractivity contribution in [2.24, 2.45) is 0 Å². The summed E-state index contributed by atoms with van der Waals surface area (Å²) < 4.78 is 54.0. The normalized spacial score (nSPS) is 11.6. The molecule has 0 heterocycles. The zero-order valence-corrected chi connectivity index (χ0v) is 10.6. The Hall–Kier alpha value is -1.74. The van der Waals surface area contributed by atoms with Crippen LogP contribution in [-0.4, -0.2) is 39.6 Å². The van der Waals surface area contributed by atoms with Crippen LogP contribution in [0.1, 0.15) is 10.4 Å². The summed E-state index contributed by atoms with van der Waals surface area (Å²) in [5.41, 5.74) is -0.293. The molecule has 0 atom stereocenters. The van der Waals surface area contributed by atoms with E-state index in [0.717, 1.165) is 18.2 Å². The van der Waals surface area contributed by atoms with Crippen LogP contribution in [0.25, 0.3) is 0 Å². The number of alkyl halides is 2. The standard InChI is InChI=1S/C10H11F2NO5S/c1-18-7-3-2-6(10(14)15)4-8(7)19(16,17)13-5-9(11)12/h2-4,9,13H,5H2,1H3,(H,14,15). The van der Waals surface area contributed by atoms with Gasteiger partial charge in [-0.25, -0.2) is 26.7 Å². The fourth-order valence-electron chi connectivity index (χ4n) is 1.27. The first kappa shape index (κ1) is 15.3. The van der Waals surface area contributed by atoms with Crippen LogP contribution >= 0.6 is 0 Å². The van der Waals surface area contributed by atoms with E-state index in [1.165, 1.54) is 7.11 Å². The molecule has 1 aromatic rings. The van der Waals surface area contributed by atoms with Crippen molar-refractivity contribution in [2.45, 2.75) is 11.3 Å². The van der Waals surface area contributed by atoms with Crippen LogP contribution in [-0.2, 0) is 10.0 Å². The molecule has 0 spiro atoms. The van der Waals surface area contributed by atoms with Gasteiger partial charge in [-0.1, -0.05) is 0 Å². The zero-order chi connectivity index (χ0) is 14.6. The minimum atomic E-state index is -4.27. The number of carbonyl (C=O) groups is 1. The Kier molecular flexibility index (Phi) is 4.78. The van der Waals surface area contributed by atoms with Crippen molar-refractivity contribution < 1.29 is 31.8 Å². The summed E-state index contributed by atoms with van der Waals surface area (Å²) in [6.07, 6.45) is -2.86. The van der Waals surface area contributed by atoms with Gasteiger partial charge in [-0.2, -0.15) is 0 Å². The van der Waals surface area contributed by atoms with Gasteiger partial charge in [-0.15, -0.1) is 0 Å². The van der Waals surface area contributed by atoms with Gasteiger partial charge >= 0.3 is 5.97 Å². The molecule has 0 fully saturated rings. The Morgan fingerprint density at radius 2 is 2.11 bits per heavy atom. The summed E-state index contributed by atoms with van der Waals surface area (Å²) in [5.74, 6) is -1.47. The Morgan fingerprint density at radius 1 is 1.47 bits per heavy atom. The molecule has 0 unspecified atom stereocenters. The summed E-state index contributed by atoms with van der Waals surface area (Å²) in [6, 6.07) is 3.13. The van der Waals surface area contributed by atoms with E-state index in [2.05, 4.69) is 0 Å². The number of hydrogen-bond donors (Lipinski definition) is 2. The second-order valence-electron chi connectivity index (χ2n) is 3.41. The molecular weight excluding hydrogens is 284 g/mol. The number of hydrogen-bond acceptors (Lipinski definition) is 4. The van der Waals surface area contributed by atoms with Crippen LogP contribution < -0.4 is 9.46 Å². The lowest BCUT2D eigenvalue weighted by atomic mass is 10.2. The molecule has 0 amide bonds. The van der Waals surface area contributed by atoms with Crippen LogP contribution in [0.2, 0.25) is 0 Å². The molecule has 6 nitrogen and oxygen atoms in total. The highest BCUT2D eigenvalue weighted by Crippen LogP contribution is 2.24. The van der Waals surface area contributed by atoms with Crippen molar-refractivity contribution >= 4 is 16.0 Å². The Bertz CT molecular complexity index is 573. The molecule has 0 saturated heterocycles. The Balaban J connectivity index is 3.22. The van der Waals surface area contributed by atoms with E-state index in [1.807, 2.05) is 0 Å². The third kappa shape index (κ3) is 3.86. The predicted octanol–water partition coefficient (Wildman–Crippen LogP) is 0.937. The monoisotopic (exact) mass is 295 g/mol. The second-order valence-corrected chi connectivity index (χ2v) is 5.15. The van der Waals surface area contributed by atoms with Crippen molar-refractivity contribution in [1.82, 2.24) is 4.72 Å². The highest BCUT2D eigenvalue weighted by Gasteiger charge is 2.22. The lowest BCUT2D eigenvalue weighted by Gasteiger charge is -2.11. The predicted molar refractivity (Wildman–Crippen MR) is 61.1 cm³/mol. The third-order valence-corrected chi connectivity index (χ3v) is 3.57. The fraction of sp³-hybridized carbons (Fsp3) is 0.300. The maximum atomic E-state index is 12.0. The molecule has 0 aliphatic carbocycles. The van der Waals surface area contributed by atoms with Crippen molar-refractivity contribution in [1.29, 1.82) is 0 Å². The molecule has 19 heavy (non-hydrogen) atoms. The number of rotatable bonds is 6. The first-order valence-corrected chi connectivity index (χ1v) is 6.45. The van der Waals surface area contributed by atoms with E-state index in [0.29, 0.717) is 0 Å². The number of methoxy groups -OCH3 is 1. The smallest absolute Gasteiger partial charge is 0.335 e. The second kappa shape index (κ2) is 5.93. The largest absolute Gasteiger partial charge is 0.495 e. The van der Waals surface area contributed by atoms with Crippen molar-refractivity contribution in [2.75, 3.05) is 13.7 Å². The van der Waals surface area contributed by atoms with Crippen molar-refractivity contribution in [3.05, 3.63) is 23.8 Å². The van der Waals surface area contributed by atoms with Crippen LogP contribution in [0, 0.1) is 0 Å². The lowest BCUT2D eigenvalue weighted by molar-refractivity contribution is 0.0696. The number of ether oxygens (including phenoxy) is 1. The number of halogens is 2. The lowest BCUT2D eigenvalue weighted by Crippen LogP contribution is -2.29. The SMILES string of the molecule is COc1ccc(C(=O)O)cc1S(=O)(=O)NCC(F)F. The van der Waals surface area contributed by atoms with Gasteiger partial charge in [-0.05, 0) is 18.2 Å². The van der Waals surface area contributed by atoms with Gasteiger partial charge in [0.2, 0.25) is 10.0 Å². The minimum Gasteiger partial charge on any atom is -0.495 e. The summed E-state index contributed by atoms with van der Waals surface area (Å²) in [4.78, 5) is 10.3. The van der Waals surface area contributed by atoms with Crippen LogP contribution in [0.15, 0.2) is 23.1 Å². The Morgan fingerprint density at radius 3 is 2.58 bits per heavy atom. The summed E-state index contributed by atoms with van der Waals surface area (Å²) in [6.45, 7) is -1.07. The van der Waals surface area contributed by atoms with Gasteiger partial charge in [0.1, 0.15) is 10.6 Å². The maximum Gasteiger partial charge on any atom is 0.335 e. The van der Waals surface area contributed by atoms with Gasteiger partial charge in [0.05, 0.1) is 19.2 Å². The van der Waals surface area contributed by atoms with Crippen LogP contribution in [0.3, 0.4) is 0 Å². The molecule has 2 N–H and O–H groups in total. The topological polar surface area (TPSA) is 92.7 Å². The number of nitrogens with one attached hydrogen (secondary N) is 1. The van der Waals surface area contributed by atoms with E-state index in [4.69, 9.17) is 9.84 Å². The number of aromatic carboxylic acids is 1. The summed E-state index contributed by atoms with van der Waals surface area (Å²) in [5, 5.41) is 8.78. The fourth-order valence-corrected chi connectivity index (χ4v) is 2.47. The first-order chi connectivity index (χ1) is 8.77. The highest BCUT2D eigenvalue weighted by molar-refractivity contribution is 7.89. The summed E-state index contributed by atoms with van der Waals surface area (Å²) in [7, 11) is -3.09. The van der Waals surface area contributed by atoms with E-state index in [1.54, 1.807) is 4.72 Å². The quantitative estimate of drug-likeness (QED) is 0.814. The van der Waals surface area contributed by atoms with E-state index in [9.17, 15) is 22.0 Å². The first-order valence-electron chi connectivity index (χ1n) is 4.97. The molecular formula is C10H11F2NO5S. The van der Waals surface area contributed by atoms with Crippen molar-refractivity contribution in [3.8, 4) is 5.75 Å². The van der Waals surface area contributed by atoms with Gasteiger partial charge in [0, 0.05) is 0 Å². The molecule has 0 aliphatic rings. The number of carboxylic acid groups (broad SMARTS) is 1. The van der Waals surface area contributed by atoms with Gasteiger partial charge in [0.15, 0.2) is 0 Å². The summed E-state index contributed by atoms with van der Waals surface area (Å²) >= 11 is 0. The molecule has 106 valence electrons. The molecule has 0 radical (unpaired) electrons. The molecule has 0 aliphatic heterocycles. The molecule has 1 rings (SSSR count). The van der Waals surface area contributed by atoms with Crippen LogP contribution in [0.5, 0.6) is 5.75 Å². The van der Waals surface area contributed by atoms with E-state index >= 15 is 0 Å². The van der Waals surface area contributed by atoms with E-state index < -0.39 is 33.9 Å². The molecule has 0 saturated carbocycles. The number of sulfonamides is 1. The average Bonchev–Trinajstić information content (AvgIpc) is 2.35. The molecule has 9 heteroatoms. The third-order valence-electron chi connectivity index (χ3n) is 2.13. The maximum absolute atomic E-state index is 12.0. The Labute approximate surface area is 108 Å².